The van der Waals surface area contributed by atoms with E-state index in [2.05, 4.69) is 0 Å². The lowest BCUT2D eigenvalue weighted by molar-refractivity contribution is -0.160. The maximum atomic E-state index is 10.0. The molecule has 1 N–H and O–H groups in total. The lowest BCUT2D eigenvalue weighted by Gasteiger charge is -2.36. The Morgan fingerprint density at radius 1 is 1.18 bits per heavy atom. The molecule has 1 aromatic rings. The zero-order valence-corrected chi connectivity index (χ0v) is 11.2. The van der Waals surface area contributed by atoms with Crippen LogP contribution in [0.15, 0.2) is 0 Å². The predicted molar refractivity (Wildman–Crippen MR) is 66.7 cm³/mol. The molecule has 0 amide bonds. The van der Waals surface area contributed by atoms with Crippen molar-refractivity contribution < 1.29 is 14.6 Å². The molecule has 0 unspecified atom stereocenters. The summed E-state index contributed by atoms with van der Waals surface area (Å²) in [5.74, 6) is 0.729. The summed E-state index contributed by atoms with van der Waals surface area (Å²) in [6.07, 6.45) is 1.68. The third-order valence-electron chi connectivity index (χ3n) is 3.92. The highest BCUT2D eigenvalue weighted by molar-refractivity contribution is 5.58. The van der Waals surface area contributed by atoms with Crippen LogP contribution in [0, 0.1) is 20.8 Å². The van der Waals surface area contributed by atoms with E-state index in [0.717, 1.165) is 40.8 Å². The van der Waals surface area contributed by atoms with Crippen molar-refractivity contribution in [2.24, 2.45) is 0 Å². The Morgan fingerprint density at radius 2 is 1.82 bits per heavy atom. The zero-order valence-electron chi connectivity index (χ0n) is 11.2. The molecule has 1 aromatic carbocycles. The molecule has 0 bridgehead atoms. The number of aromatic hydroxyl groups is 1. The SMILES string of the molecule is CO[C@@]1(C)CCc2c(C)c(O)c(C)c(C)c2O1. The zero-order chi connectivity index (χ0) is 12.8. The number of hydrogen-bond donors (Lipinski definition) is 1. The molecule has 17 heavy (non-hydrogen) atoms. The minimum Gasteiger partial charge on any atom is -0.507 e. The monoisotopic (exact) mass is 236 g/mol. The molecule has 0 spiro atoms. The van der Waals surface area contributed by atoms with Crippen LogP contribution in [0.25, 0.3) is 0 Å². The normalized spacial score (nSPS) is 23.1. The number of phenols is 1. The standard InChI is InChI=1S/C14H20O3/c1-8-9(2)13-11(10(3)12(8)15)6-7-14(4,16-5)17-13/h15H,6-7H2,1-5H3/t14-/m1/s1. The molecule has 2 rings (SSSR count). The second kappa shape index (κ2) is 3.91. The van der Waals surface area contributed by atoms with E-state index in [1.54, 1.807) is 7.11 Å². The minimum absolute atomic E-state index is 0.394. The van der Waals surface area contributed by atoms with Gasteiger partial charge in [0.2, 0.25) is 5.79 Å². The summed E-state index contributed by atoms with van der Waals surface area (Å²) < 4.78 is 11.4. The smallest absolute Gasteiger partial charge is 0.207 e. The summed E-state index contributed by atoms with van der Waals surface area (Å²) in [5, 5.41) is 10.0. The first-order valence-corrected chi connectivity index (χ1v) is 5.95. The van der Waals surface area contributed by atoms with Crippen LogP contribution in [-0.4, -0.2) is 18.0 Å². The van der Waals surface area contributed by atoms with Crippen molar-refractivity contribution in [1.82, 2.24) is 0 Å². The Kier molecular flexibility index (Phi) is 2.82. The van der Waals surface area contributed by atoms with Crippen LogP contribution in [0.3, 0.4) is 0 Å². The molecule has 0 radical (unpaired) electrons. The Hall–Kier alpha value is -1.22. The van der Waals surface area contributed by atoms with Gasteiger partial charge in [0.1, 0.15) is 11.5 Å². The van der Waals surface area contributed by atoms with Gasteiger partial charge in [-0.25, -0.2) is 0 Å². The van der Waals surface area contributed by atoms with E-state index in [-0.39, 0.29) is 0 Å². The third kappa shape index (κ3) is 1.78. The molecule has 0 saturated heterocycles. The Labute approximate surface area is 102 Å². The average Bonchev–Trinajstić information content (AvgIpc) is 2.33. The van der Waals surface area contributed by atoms with E-state index in [4.69, 9.17) is 9.47 Å². The van der Waals surface area contributed by atoms with Crippen molar-refractivity contribution >= 4 is 0 Å². The van der Waals surface area contributed by atoms with Gasteiger partial charge in [-0.15, -0.1) is 0 Å². The highest BCUT2D eigenvalue weighted by Crippen LogP contribution is 2.43. The summed E-state index contributed by atoms with van der Waals surface area (Å²) in [4.78, 5) is 0. The fourth-order valence-electron chi connectivity index (χ4n) is 2.37. The summed E-state index contributed by atoms with van der Waals surface area (Å²) in [7, 11) is 1.67. The third-order valence-corrected chi connectivity index (χ3v) is 3.92. The van der Waals surface area contributed by atoms with Crippen LogP contribution >= 0.6 is 0 Å². The summed E-state index contributed by atoms with van der Waals surface area (Å²) >= 11 is 0. The van der Waals surface area contributed by atoms with Crippen LogP contribution in [-0.2, 0) is 11.2 Å². The van der Waals surface area contributed by atoms with Gasteiger partial charge in [0.15, 0.2) is 0 Å². The van der Waals surface area contributed by atoms with Crippen LogP contribution in [0.5, 0.6) is 11.5 Å². The lowest BCUT2D eigenvalue weighted by atomic mass is 9.91. The molecular formula is C14H20O3. The molecule has 94 valence electrons. The second-order valence-corrected chi connectivity index (χ2v) is 4.97. The van der Waals surface area contributed by atoms with E-state index in [0.29, 0.717) is 5.75 Å². The first-order chi connectivity index (χ1) is 7.89. The molecule has 0 aliphatic carbocycles. The molecule has 3 heteroatoms. The van der Waals surface area contributed by atoms with Gasteiger partial charge in [-0.2, -0.15) is 0 Å². The number of ether oxygens (including phenoxy) is 2. The van der Waals surface area contributed by atoms with Crippen molar-refractivity contribution in [3.63, 3.8) is 0 Å². The molecule has 1 aliphatic rings. The van der Waals surface area contributed by atoms with Crippen LogP contribution in [0.1, 0.15) is 35.6 Å². The summed E-state index contributed by atoms with van der Waals surface area (Å²) in [5.41, 5.74) is 3.94. The number of benzene rings is 1. The maximum Gasteiger partial charge on any atom is 0.207 e. The predicted octanol–water partition coefficient (Wildman–Crippen LogP) is 3.01. The Bertz CT molecular complexity index is 465. The Balaban J connectivity index is 2.59. The first-order valence-electron chi connectivity index (χ1n) is 5.95. The number of fused-ring (bicyclic) bond motifs is 1. The van der Waals surface area contributed by atoms with E-state index in [1.165, 1.54) is 0 Å². The number of methoxy groups -OCH3 is 1. The second-order valence-electron chi connectivity index (χ2n) is 4.97. The molecule has 1 aliphatic heterocycles. The fraction of sp³-hybridized carbons (Fsp3) is 0.571. The largest absolute Gasteiger partial charge is 0.507 e. The fourth-order valence-corrected chi connectivity index (χ4v) is 2.37. The van der Waals surface area contributed by atoms with E-state index >= 15 is 0 Å². The van der Waals surface area contributed by atoms with Gasteiger partial charge in [0.25, 0.3) is 0 Å². The van der Waals surface area contributed by atoms with Crippen LogP contribution in [0.2, 0.25) is 0 Å². The van der Waals surface area contributed by atoms with Crippen LogP contribution in [0.4, 0.5) is 0 Å². The highest BCUT2D eigenvalue weighted by Gasteiger charge is 2.34. The topological polar surface area (TPSA) is 38.7 Å². The van der Waals surface area contributed by atoms with Crippen molar-refractivity contribution in [1.29, 1.82) is 0 Å². The summed E-state index contributed by atoms with van der Waals surface area (Å²) in [6.45, 7) is 7.79. The average molecular weight is 236 g/mol. The number of rotatable bonds is 1. The van der Waals surface area contributed by atoms with E-state index < -0.39 is 5.79 Å². The number of hydrogen-bond acceptors (Lipinski definition) is 3. The molecule has 0 fully saturated rings. The number of phenolic OH excluding ortho intramolecular Hbond substituents is 1. The van der Waals surface area contributed by atoms with Gasteiger partial charge in [0.05, 0.1) is 0 Å². The molecule has 0 aromatic heterocycles. The maximum absolute atomic E-state index is 10.0. The van der Waals surface area contributed by atoms with Gasteiger partial charge >= 0.3 is 0 Å². The lowest BCUT2D eigenvalue weighted by Crippen LogP contribution is -2.38. The molecule has 1 heterocycles. The van der Waals surface area contributed by atoms with Crippen LogP contribution < -0.4 is 4.74 Å². The van der Waals surface area contributed by atoms with E-state index in [1.807, 2.05) is 27.7 Å². The Morgan fingerprint density at radius 3 is 2.41 bits per heavy atom. The molecule has 1 atom stereocenters. The van der Waals surface area contributed by atoms with E-state index in [9.17, 15) is 5.11 Å². The van der Waals surface area contributed by atoms with Gasteiger partial charge in [-0.1, -0.05) is 0 Å². The summed E-state index contributed by atoms with van der Waals surface area (Å²) in [6, 6.07) is 0. The quantitative estimate of drug-likeness (QED) is 0.814. The molecule has 0 saturated carbocycles. The van der Waals surface area contributed by atoms with Crippen molar-refractivity contribution in [2.45, 2.75) is 46.3 Å². The minimum atomic E-state index is -0.548. The van der Waals surface area contributed by atoms with Gasteiger partial charge < -0.3 is 14.6 Å². The molecule has 3 nitrogen and oxygen atoms in total. The molecular weight excluding hydrogens is 216 g/mol. The van der Waals surface area contributed by atoms with Gasteiger partial charge in [-0.3, -0.25) is 0 Å². The highest BCUT2D eigenvalue weighted by atomic mass is 16.7. The van der Waals surface area contributed by atoms with Crippen molar-refractivity contribution in [2.75, 3.05) is 7.11 Å². The van der Waals surface area contributed by atoms with Crippen molar-refractivity contribution in [3.8, 4) is 11.5 Å². The van der Waals surface area contributed by atoms with Gasteiger partial charge in [0, 0.05) is 26.0 Å². The van der Waals surface area contributed by atoms with Gasteiger partial charge in [-0.05, 0) is 43.9 Å². The van der Waals surface area contributed by atoms with Crippen molar-refractivity contribution in [3.05, 3.63) is 22.3 Å². The first kappa shape index (κ1) is 12.2.